The van der Waals surface area contributed by atoms with Crippen LogP contribution in [0.5, 0.6) is 0 Å². The van der Waals surface area contributed by atoms with Gasteiger partial charge in [0.1, 0.15) is 11.9 Å². The molecule has 0 spiro atoms. The number of aryl methyl sites for hydroxylation is 2. The highest BCUT2D eigenvalue weighted by molar-refractivity contribution is 5.95. The number of anilines is 1. The molecule has 0 bridgehead atoms. The SMILES string of the molecule is Cc1ccc([C@H](C)CN[C@@H](C(=O)Nc2ccc(-c3cnc(C)nc3)cc2)c2ccccc2)cc1. The summed E-state index contributed by atoms with van der Waals surface area (Å²) in [5, 5.41) is 6.55. The van der Waals surface area contributed by atoms with Crippen LogP contribution in [0.3, 0.4) is 0 Å². The molecule has 172 valence electrons. The fourth-order valence-corrected chi connectivity index (χ4v) is 3.82. The number of carbonyl (C=O) groups excluding carboxylic acids is 1. The summed E-state index contributed by atoms with van der Waals surface area (Å²) in [6.45, 7) is 6.80. The molecule has 0 unspecified atom stereocenters. The summed E-state index contributed by atoms with van der Waals surface area (Å²) in [6.07, 6.45) is 3.61. The Morgan fingerprint density at radius 3 is 2.09 bits per heavy atom. The Kier molecular flexibility index (Phi) is 7.45. The van der Waals surface area contributed by atoms with Crippen molar-refractivity contribution in [1.29, 1.82) is 0 Å². The van der Waals surface area contributed by atoms with E-state index in [0.29, 0.717) is 6.54 Å². The van der Waals surface area contributed by atoms with Crippen LogP contribution in [0.25, 0.3) is 11.1 Å². The van der Waals surface area contributed by atoms with E-state index in [0.717, 1.165) is 28.2 Å². The minimum Gasteiger partial charge on any atom is -0.324 e. The Bertz CT molecular complexity index is 1200. The minimum absolute atomic E-state index is 0.0891. The Hall–Kier alpha value is -3.83. The summed E-state index contributed by atoms with van der Waals surface area (Å²) in [6, 6.07) is 25.7. The zero-order valence-electron chi connectivity index (χ0n) is 19.8. The second kappa shape index (κ2) is 10.9. The van der Waals surface area contributed by atoms with Crippen molar-refractivity contribution >= 4 is 11.6 Å². The first-order valence-electron chi connectivity index (χ1n) is 11.5. The van der Waals surface area contributed by atoms with Gasteiger partial charge < -0.3 is 10.6 Å². The second-order valence-electron chi connectivity index (χ2n) is 8.65. The van der Waals surface area contributed by atoms with Gasteiger partial charge in [0.2, 0.25) is 5.91 Å². The number of nitrogens with one attached hydrogen (secondary N) is 2. The van der Waals surface area contributed by atoms with Gasteiger partial charge in [-0.2, -0.15) is 0 Å². The van der Waals surface area contributed by atoms with Gasteiger partial charge in [-0.3, -0.25) is 4.79 Å². The first kappa shape index (κ1) is 23.3. The predicted octanol–water partition coefficient (Wildman–Crippen LogP) is 5.83. The molecular formula is C29H30N4O. The van der Waals surface area contributed by atoms with Crippen molar-refractivity contribution in [2.45, 2.75) is 32.7 Å². The van der Waals surface area contributed by atoms with Crippen LogP contribution < -0.4 is 10.6 Å². The Morgan fingerprint density at radius 2 is 1.44 bits per heavy atom. The normalized spacial score (nSPS) is 12.7. The van der Waals surface area contributed by atoms with E-state index in [1.165, 1.54) is 11.1 Å². The largest absolute Gasteiger partial charge is 0.324 e. The molecule has 1 heterocycles. The van der Waals surface area contributed by atoms with E-state index in [9.17, 15) is 4.79 Å². The van der Waals surface area contributed by atoms with Gasteiger partial charge in [-0.15, -0.1) is 0 Å². The first-order chi connectivity index (χ1) is 16.5. The standard InChI is InChI=1S/C29H30N4O/c1-20-9-11-23(12-10-20)21(2)17-32-28(25-7-5-4-6-8-25)29(34)33-27-15-13-24(14-16-27)26-18-30-22(3)31-19-26/h4-16,18-19,21,28,32H,17H2,1-3H3,(H,33,34)/t21-,28-/m1/s1. The van der Waals surface area contributed by atoms with Crippen molar-refractivity contribution in [2.24, 2.45) is 0 Å². The molecule has 34 heavy (non-hydrogen) atoms. The highest BCUT2D eigenvalue weighted by Crippen LogP contribution is 2.22. The average Bonchev–Trinajstić information content (AvgIpc) is 2.86. The van der Waals surface area contributed by atoms with Gasteiger partial charge in [-0.25, -0.2) is 9.97 Å². The van der Waals surface area contributed by atoms with Gasteiger partial charge in [-0.05, 0) is 48.6 Å². The van der Waals surface area contributed by atoms with Crippen molar-refractivity contribution in [2.75, 3.05) is 11.9 Å². The zero-order chi connectivity index (χ0) is 23.9. The van der Waals surface area contributed by atoms with Crippen LogP contribution in [0.1, 0.15) is 41.4 Å². The highest BCUT2D eigenvalue weighted by Gasteiger charge is 2.21. The van der Waals surface area contributed by atoms with Crippen molar-refractivity contribution in [3.63, 3.8) is 0 Å². The van der Waals surface area contributed by atoms with E-state index < -0.39 is 6.04 Å². The number of carbonyl (C=O) groups is 1. The van der Waals surface area contributed by atoms with E-state index in [4.69, 9.17) is 0 Å². The molecule has 5 heteroatoms. The van der Waals surface area contributed by atoms with Crippen molar-refractivity contribution in [3.05, 3.63) is 114 Å². The summed E-state index contributed by atoms with van der Waals surface area (Å²) in [4.78, 5) is 21.8. The summed E-state index contributed by atoms with van der Waals surface area (Å²) < 4.78 is 0. The van der Waals surface area contributed by atoms with Gasteiger partial charge in [0, 0.05) is 30.2 Å². The molecule has 0 saturated heterocycles. The molecule has 1 aromatic heterocycles. The van der Waals surface area contributed by atoms with Crippen LogP contribution in [0.15, 0.2) is 91.3 Å². The molecule has 0 aliphatic heterocycles. The number of hydrogen-bond donors (Lipinski definition) is 2. The van der Waals surface area contributed by atoms with Gasteiger partial charge >= 0.3 is 0 Å². The third-order valence-electron chi connectivity index (χ3n) is 5.94. The van der Waals surface area contributed by atoms with Gasteiger partial charge in [0.05, 0.1) is 0 Å². The Balaban J connectivity index is 1.46. The predicted molar refractivity (Wildman–Crippen MR) is 138 cm³/mol. The fraction of sp³-hybridized carbons (Fsp3) is 0.207. The maximum Gasteiger partial charge on any atom is 0.246 e. The van der Waals surface area contributed by atoms with Gasteiger partial charge in [-0.1, -0.05) is 79.2 Å². The van der Waals surface area contributed by atoms with Crippen molar-refractivity contribution < 1.29 is 4.79 Å². The lowest BCUT2D eigenvalue weighted by Gasteiger charge is -2.22. The number of rotatable bonds is 8. The summed E-state index contributed by atoms with van der Waals surface area (Å²) in [5.74, 6) is 0.924. The minimum atomic E-state index is -0.459. The zero-order valence-corrected chi connectivity index (χ0v) is 19.8. The number of hydrogen-bond acceptors (Lipinski definition) is 4. The molecule has 1 amide bonds. The van der Waals surface area contributed by atoms with E-state index in [2.05, 4.69) is 58.7 Å². The molecule has 0 fully saturated rings. The highest BCUT2D eigenvalue weighted by atomic mass is 16.2. The molecule has 3 aromatic carbocycles. The lowest BCUT2D eigenvalue weighted by molar-refractivity contribution is -0.118. The maximum absolute atomic E-state index is 13.3. The molecule has 0 saturated carbocycles. The molecule has 2 N–H and O–H groups in total. The van der Waals surface area contributed by atoms with E-state index in [-0.39, 0.29) is 11.8 Å². The van der Waals surface area contributed by atoms with E-state index in [1.54, 1.807) is 12.4 Å². The number of amides is 1. The smallest absolute Gasteiger partial charge is 0.246 e. The molecule has 2 atom stereocenters. The summed E-state index contributed by atoms with van der Waals surface area (Å²) in [5.41, 5.74) is 6.12. The lowest BCUT2D eigenvalue weighted by atomic mass is 9.98. The van der Waals surface area contributed by atoms with Gasteiger partial charge in [0.15, 0.2) is 0 Å². The molecule has 4 aromatic rings. The molecular weight excluding hydrogens is 420 g/mol. The third kappa shape index (κ3) is 5.94. The molecule has 5 nitrogen and oxygen atoms in total. The average molecular weight is 451 g/mol. The Labute approximate surface area is 201 Å². The van der Waals surface area contributed by atoms with E-state index >= 15 is 0 Å². The van der Waals surface area contributed by atoms with Crippen LogP contribution in [-0.2, 0) is 4.79 Å². The van der Waals surface area contributed by atoms with Crippen molar-refractivity contribution in [1.82, 2.24) is 15.3 Å². The monoisotopic (exact) mass is 450 g/mol. The van der Waals surface area contributed by atoms with Crippen LogP contribution >= 0.6 is 0 Å². The van der Waals surface area contributed by atoms with Crippen LogP contribution in [-0.4, -0.2) is 22.4 Å². The summed E-state index contributed by atoms with van der Waals surface area (Å²) >= 11 is 0. The van der Waals surface area contributed by atoms with Crippen molar-refractivity contribution in [3.8, 4) is 11.1 Å². The Morgan fingerprint density at radius 1 is 0.794 bits per heavy atom. The maximum atomic E-state index is 13.3. The quantitative estimate of drug-likeness (QED) is 0.354. The third-order valence-corrected chi connectivity index (χ3v) is 5.94. The first-order valence-corrected chi connectivity index (χ1v) is 11.5. The lowest BCUT2D eigenvalue weighted by Crippen LogP contribution is -2.35. The van der Waals surface area contributed by atoms with Crippen LogP contribution in [0.2, 0.25) is 0 Å². The topological polar surface area (TPSA) is 66.9 Å². The number of aromatic nitrogens is 2. The van der Waals surface area contributed by atoms with E-state index in [1.807, 2.05) is 61.5 Å². The molecule has 0 radical (unpaired) electrons. The second-order valence-corrected chi connectivity index (χ2v) is 8.65. The molecule has 0 aliphatic carbocycles. The van der Waals surface area contributed by atoms with Crippen LogP contribution in [0, 0.1) is 13.8 Å². The molecule has 4 rings (SSSR count). The number of nitrogens with zero attached hydrogens (tertiary/aromatic N) is 2. The summed E-state index contributed by atoms with van der Waals surface area (Å²) in [7, 11) is 0. The number of benzene rings is 3. The fourth-order valence-electron chi connectivity index (χ4n) is 3.82. The molecule has 0 aliphatic rings. The van der Waals surface area contributed by atoms with Crippen LogP contribution in [0.4, 0.5) is 5.69 Å². The van der Waals surface area contributed by atoms with Gasteiger partial charge in [0.25, 0.3) is 0 Å².